The van der Waals surface area contributed by atoms with Crippen LogP contribution < -0.4 is 0 Å². The predicted molar refractivity (Wildman–Crippen MR) is 109 cm³/mol. The minimum Gasteiger partial charge on any atom is -0.488 e. The van der Waals surface area contributed by atoms with Crippen molar-refractivity contribution in [3.05, 3.63) is 48.1 Å². The third kappa shape index (κ3) is 4.12. The minimum absolute atomic E-state index is 0.249. The molecule has 0 N–H and O–H groups in total. The fraction of sp³-hybridized carbons (Fsp3) is 0.571. The van der Waals surface area contributed by atoms with E-state index in [9.17, 15) is 13.2 Å². The summed E-state index contributed by atoms with van der Waals surface area (Å²) in [5, 5.41) is 0.725. The van der Waals surface area contributed by atoms with Gasteiger partial charge in [-0.15, -0.1) is 6.58 Å². The zero-order valence-corrected chi connectivity index (χ0v) is 18.5. The quantitative estimate of drug-likeness (QED) is 0.301. The van der Waals surface area contributed by atoms with Gasteiger partial charge in [0.15, 0.2) is 0 Å². The van der Waals surface area contributed by atoms with Crippen LogP contribution in [0.2, 0.25) is 0 Å². The van der Waals surface area contributed by atoms with E-state index < -0.39 is 38.6 Å². The summed E-state index contributed by atoms with van der Waals surface area (Å²) in [5.74, 6) is -1.66. The Morgan fingerprint density at radius 2 is 1.83 bits per heavy atom. The summed E-state index contributed by atoms with van der Waals surface area (Å²) in [5.41, 5.74) is -1.42. The van der Waals surface area contributed by atoms with Gasteiger partial charge in [-0.3, -0.25) is 8.98 Å². The van der Waals surface area contributed by atoms with Gasteiger partial charge in [0.1, 0.15) is 11.9 Å². The van der Waals surface area contributed by atoms with Gasteiger partial charge >= 0.3 is 0 Å². The highest BCUT2D eigenvalue weighted by Crippen LogP contribution is 2.53. The first-order valence-corrected chi connectivity index (χ1v) is 11.0. The van der Waals surface area contributed by atoms with Gasteiger partial charge in [0, 0.05) is 18.6 Å². The largest absolute Gasteiger partial charge is 0.488 e. The molecular weight excluding hydrogens is 396 g/mol. The summed E-state index contributed by atoms with van der Waals surface area (Å²) >= 11 is 0. The minimum atomic E-state index is -3.96. The van der Waals surface area contributed by atoms with Crippen molar-refractivity contribution in [2.75, 3.05) is 19.8 Å². The molecule has 8 heteroatoms. The molecule has 29 heavy (non-hydrogen) atoms. The Balaban J connectivity index is 2.58. The van der Waals surface area contributed by atoms with Crippen LogP contribution in [0.5, 0.6) is 0 Å². The van der Waals surface area contributed by atoms with Crippen LogP contribution in [0.1, 0.15) is 34.6 Å². The van der Waals surface area contributed by atoms with E-state index in [4.69, 9.17) is 18.4 Å². The number of carbonyl (C=O) groups is 1. The number of hydrogen-bond acceptors (Lipinski definition) is 7. The van der Waals surface area contributed by atoms with E-state index in [1.165, 1.54) is 6.08 Å². The number of allylic oxidation sites excluding steroid dienone is 1. The van der Waals surface area contributed by atoms with Crippen LogP contribution in [0.3, 0.4) is 0 Å². The molecule has 1 aliphatic heterocycles. The molecule has 0 unspecified atom stereocenters. The van der Waals surface area contributed by atoms with Gasteiger partial charge in [-0.05, 0) is 32.9 Å². The second kappa shape index (κ2) is 8.18. The summed E-state index contributed by atoms with van der Waals surface area (Å²) in [7, 11) is -3.96. The lowest BCUT2D eigenvalue weighted by Gasteiger charge is -2.40. The fourth-order valence-electron chi connectivity index (χ4n) is 3.84. The van der Waals surface area contributed by atoms with Crippen LogP contribution in [-0.4, -0.2) is 45.9 Å². The predicted octanol–water partition coefficient (Wildman–Crippen LogP) is 3.26. The lowest BCUT2D eigenvalue weighted by molar-refractivity contribution is -0.200. The molecule has 0 bridgehead atoms. The van der Waals surface area contributed by atoms with E-state index in [2.05, 4.69) is 13.2 Å². The topological polar surface area (TPSA) is 88.1 Å². The smallest absolute Gasteiger partial charge is 0.289 e. The Morgan fingerprint density at radius 3 is 2.31 bits per heavy atom. The summed E-state index contributed by atoms with van der Waals surface area (Å²) < 4.78 is 46.6. The third-order valence-electron chi connectivity index (χ3n) is 5.29. The van der Waals surface area contributed by atoms with Crippen LogP contribution in [0, 0.1) is 10.8 Å². The van der Waals surface area contributed by atoms with Crippen LogP contribution in [0.15, 0.2) is 48.1 Å². The SMILES string of the molecule is C=CC(C)(C)[C@@H]1OC2=C(C(=O)C(OCC)(OCC)C=C2)[C@]1(C)COS(=O)(=O)C=C. The molecular formula is C21H30O7S. The van der Waals surface area contributed by atoms with Crippen molar-refractivity contribution in [2.45, 2.75) is 46.5 Å². The highest BCUT2D eigenvalue weighted by atomic mass is 32.2. The molecule has 0 spiro atoms. The van der Waals surface area contributed by atoms with Crippen molar-refractivity contribution in [1.82, 2.24) is 0 Å². The summed E-state index contributed by atoms with van der Waals surface area (Å²) in [6, 6.07) is 0. The van der Waals surface area contributed by atoms with E-state index in [1.54, 1.807) is 32.9 Å². The van der Waals surface area contributed by atoms with Crippen LogP contribution in [-0.2, 0) is 33.3 Å². The number of rotatable bonds is 10. The first-order valence-electron chi connectivity index (χ1n) is 9.51. The maximum Gasteiger partial charge on any atom is 0.289 e. The fourth-order valence-corrected chi connectivity index (χ4v) is 4.34. The average molecular weight is 427 g/mol. The van der Waals surface area contributed by atoms with Gasteiger partial charge in [-0.1, -0.05) is 26.5 Å². The number of hydrogen-bond donors (Lipinski definition) is 0. The molecule has 0 saturated carbocycles. The zero-order chi connectivity index (χ0) is 22.1. The van der Waals surface area contributed by atoms with E-state index in [0.717, 1.165) is 5.41 Å². The van der Waals surface area contributed by atoms with Gasteiger partial charge in [0.2, 0.25) is 5.78 Å². The molecule has 2 aliphatic rings. The van der Waals surface area contributed by atoms with Crippen LogP contribution >= 0.6 is 0 Å². The second-order valence-electron chi connectivity index (χ2n) is 7.80. The average Bonchev–Trinajstić information content (AvgIpc) is 2.98. The molecule has 0 amide bonds. The molecule has 0 saturated heterocycles. The normalized spacial score (nSPS) is 26.2. The van der Waals surface area contributed by atoms with Gasteiger partial charge in [0.05, 0.1) is 23.0 Å². The Hall–Kier alpha value is -1.74. The molecule has 1 aliphatic carbocycles. The molecule has 7 nitrogen and oxygen atoms in total. The molecule has 0 aromatic carbocycles. The van der Waals surface area contributed by atoms with E-state index in [0.29, 0.717) is 5.76 Å². The summed E-state index contributed by atoms with van der Waals surface area (Å²) in [6.45, 7) is 16.4. The van der Waals surface area contributed by atoms with Crippen molar-refractivity contribution < 1.29 is 31.6 Å². The molecule has 1 heterocycles. The molecule has 0 fully saturated rings. The Labute approximate surface area is 173 Å². The number of ketones is 1. The van der Waals surface area contributed by atoms with Gasteiger partial charge in [-0.25, -0.2) is 0 Å². The van der Waals surface area contributed by atoms with Crippen molar-refractivity contribution in [2.24, 2.45) is 10.8 Å². The maximum atomic E-state index is 13.6. The van der Waals surface area contributed by atoms with Crippen molar-refractivity contribution >= 4 is 15.9 Å². The highest BCUT2D eigenvalue weighted by Gasteiger charge is 2.60. The lowest BCUT2D eigenvalue weighted by Crippen LogP contribution is -2.51. The maximum absolute atomic E-state index is 13.6. The number of ether oxygens (including phenoxy) is 3. The van der Waals surface area contributed by atoms with E-state index in [-0.39, 0.29) is 25.4 Å². The molecule has 0 radical (unpaired) electrons. The number of carbonyl (C=O) groups excluding carboxylic acids is 1. The van der Waals surface area contributed by atoms with Gasteiger partial charge in [-0.2, -0.15) is 8.42 Å². The monoisotopic (exact) mass is 426 g/mol. The van der Waals surface area contributed by atoms with E-state index in [1.807, 2.05) is 13.8 Å². The molecule has 0 aromatic rings. The molecule has 162 valence electrons. The zero-order valence-electron chi connectivity index (χ0n) is 17.7. The molecule has 0 aromatic heterocycles. The van der Waals surface area contributed by atoms with Gasteiger partial charge in [0.25, 0.3) is 15.9 Å². The Morgan fingerprint density at radius 1 is 1.24 bits per heavy atom. The number of Topliss-reactive ketones (excluding diaryl/α,β-unsaturated/α-hetero) is 1. The molecule has 2 rings (SSSR count). The molecule has 2 atom stereocenters. The lowest BCUT2D eigenvalue weighted by atomic mass is 9.66. The van der Waals surface area contributed by atoms with E-state index >= 15 is 0 Å². The van der Waals surface area contributed by atoms with Crippen LogP contribution in [0.4, 0.5) is 0 Å². The highest BCUT2D eigenvalue weighted by molar-refractivity contribution is 7.89. The Kier molecular flexibility index (Phi) is 6.64. The summed E-state index contributed by atoms with van der Waals surface area (Å²) in [4.78, 5) is 13.6. The van der Waals surface area contributed by atoms with Crippen molar-refractivity contribution in [1.29, 1.82) is 0 Å². The van der Waals surface area contributed by atoms with Crippen LogP contribution in [0.25, 0.3) is 0 Å². The third-order valence-corrected chi connectivity index (χ3v) is 6.14. The second-order valence-corrected chi connectivity index (χ2v) is 9.35. The first kappa shape index (κ1) is 23.5. The first-order chi connectivity index (χ1) is 13.4. The standard InChI is InChI=1S/C21H30O7S/c1-8-19(5,6)18-20(7,14-27-29(23,24)11-4)16-15(28-18)12-13-21(17(16)22,25-9-2)26-10-3/h8,11-13,18H,1,4,9-10,14H2,2-3,5-7H3/t18-,20-/m0/s1. The summed E-state index contributed by atoms with van der Waals surface area (Å²) in [6.07, 6.45) is 4.28. The van der Waals surface area contributed by atoms with Crippen molar-refractivity contribution in [3.63, 3.8) is 0 Å². The van der Waals surface area contributed by atoms with Gasteiger partial charge < -0.3 is 14.2 Å². The Bertz CT molecular complexity index is 844. The van der Waals surface area contributed by atoms with Crippen molar-refractivity contribution in [3.8, 4) is 0 Å².